The Hall–Kier alpha value is -1.29. The minimum Gasteiger partial charge on any atom is -0.380 e. The molecule has 84 valence electrons. The Kier molecular flexibility index (Phi) is 4.90. The van der Waals surface area contributed by atoms with Crippen LogP contribution in [-0.4, -0.2) is 29.3 Å². The van der Waals surface area contributed by atoms with Crippen molar-refractivity contribution in [3.05, 3.63) is 24.5 Å². The Morgan fingerprint density at radius 1 is 1.67 bits per heavy atom. The first-order valence-electron chi connectivity index (χ1n) is 5.24. The van der Waals surface area contributed by atoms with Gasteiger partial charge in [-0.25, -0.2) is 4.98 Å². The number of ether oxygens (including phenoxy) is 1. The van der Waals surface area contributed by atoms with Crippen LogP contribution in [0.3, 0.4) is 0 Å². The zero-order valence-electron chi connectivity index (χ0n) is 9.49. The predicted octanol–water partition coefficient (Wildman–Crippen LogP) is 1.83. The van der Waals surface area contributed by atoms with Gasteiger partial charge in [-0.1, -0.05) is 6.08 Å². The van der Waals surface area contributed by atoms with Gasteiger partial charge in [-0.2, -0.15) is 0 Å². The number of nitrogens with zero attached hydrogens (tertiary/aromatic N) is 2. The molecule has 1 aromatic rings. The Balaban J connectivity index is 2.55. The lowest BCUT2D eigenvalue weighted by atomic mass is 10.5. The summed E-state index contributed by atoms with van der Waals surface area (Å²) in [4.78, 5) is 4.38. The first kappa shape index (κ1) is 11.8. The largest absolute Gasteiger partial charge is 0.380 e. The van der Waals surface area contributed by atoms with E-state index in [9.17, 15) is 0 Å². The molecule has 0 saturated heterocycles. The van der Waals surface area contributed by atoms with E-state index in [1.807, 2.05) is 26.1 Å². The summed E-state index contributed by atoms with van der Waals surface area (Å²) in [6.45, 7) is 10.7. The van der Waals surface area contributed by atoms with Crippen molar-refractivity contribution in [3.8, 4) is 0 Å². The van der Waals surface area contributed by atoms with Gasteiger partial charge in [-0.15, -0.1) is 6.58 Å². The Morgan fingerprint density at radius 3 is 3.13 bits per heavy atom. The number of hydrogen-bond donors (Lipinski definition) is 1. The summed E-state index contributed by atoms with van der Waals surface area (Å²) in [5.74, 6) is 0.882. The molecular weight excluding hydrogens is 190 g/mol. The zero-order valence-corrected chi connectivity index (χ0v) is 9.49. The van der Waals surface area contributed by atoms with E-state index in [0.717, 1.165) is 37.9 Å². The average Bonchev–Trinajstić information content (AvgIpc) is 2.56. The fraction of sp³-hybridized carbons (Fsp3) is 0.545. The predicted molar refractivity (Wildman–Crippen MR) is 62.1 cm³/mol. The van der Waals surface area contributed by atoms with Gasteiger partial charge >= 0.3 is 0 Å². The summed E-state index contributed by atoms with van der Waals surface area (Å²) >= 11 is 0. The fourth-order valence-corrected chi connectivity index (χ4v) is 1.33. The quantitative estimate of drug-likeness (QED) is 0.550. The SMILES string of the molecule is C=CCNc1nc(C)cn1CCOCC. The van der Waals surface area contributed by atoms with E-state index in [1.54, 1.807) is 0 Å². The molecule has 0 aliphatic carbocycles. The Bertz CT molecular complexity index is 307. The summed E-state index contributed by atoms with van der Waals surface area (Å²) in [6, 6.07) is 0. The highest BCUT2D eigenvalue weighted by atomic mass is 16.5. The lowest BCUT2D eigenvalue weighted by Crippen LogP contribution is -2.10. The normalized spacial score (nSPS) is 10.3. The van der Waals surface area contributed by atoms with Crippen molar-refractivity contribution in [2.75, 3.05) is 25.1 Å². The second-order valence-corrected chi connectivity index (χ2v) is 3.27. The van der Waals surface area contributed by atoms with Gasteiger partial charge < -0.3 is 14.6 Å². The van der Waals surface area contributed by atoms with Crippen LogP contribution in [0.1, 0.15) is 12.6 Å². The van der Waals surface area contributed by atoms with E-state index in [0.29, 0.717) is 0 Å². The molecule has 1 aromatic heterocycles. The highest BCUT2D eigenvalue weighted by Crippen LogP contribution is 2.07. The zero-order chi connectivity index (χ0) is 11.1. The van der Waals surface area contributed by atoms with Crippen molar-refractivity contribution in [3.63, 3.8) is 0 Å². The molecule has 0 aliphatic heterocycles. The molecule has 1 heterocycles. The van der Waals surface area contributed by atoms with E-state index >= 15 is 0 Å². The fourth-order valence-electron chi connectivity index (χ4n) is 1.33. The van der Waals surface area contributed by atoms with Crippen LogP contribution in [0, 0.1) is 6.92 Å². The molecule has 0 unspecified atom stereocenters. The minimum atomic E-state index is 0.717. The minimum absolute atomic E-state index is 0.717. The third-order valence-electron chi connectivity index (χ3n) is 1.98. The molecule has 0 spiro atoms. The maximum Gasteiger partial charge on any atom is 0.203 e. The smallest absolute Gasteiger partial charge is 0.203 e. The summed E-state index contributed by atoms with van der Waals surface area (Å²) < 4.78 is 7.37. The van der Waals surface area contributed by atoms with Crippen LogP contribution < -0.4 is 5.32 Å². The first-order chi connectivity index (χ1) is 7.27. The third kappa shape index (κ3) is 3.75. The Labute approximate surface area is 91.0 Å². The lowest BCUT2D eigenvalue weighted by molar-refractivity contribution is 0.139. The van der Waals surface area contributed by atoms with E-state index in [2.05, 4.69) is 21.4 Å². The number of nitrogens with one attached hydrogen (secondary N) is 1. The molecule has 0 fully saturated rings. The number of aryl methyl sites for hydroxylation is 1. The summed E-state index contributed by atoms with van der Waals surface area (Å²) in [6.07, 6.45) is 3.83. The number of hydrogen-bond acceptors (Lipinski definition) is 3. The van der Waals surface area contributed by atoms with Gasteiger partial charge in [0.2, 0.25) is 5.95 Å². The molecule has 0 amide bonds. The molecule has 0 bridgehead atoms. The number of anilines is 1. The van der Waals surface area contributed by atoms with E-state index in [4.69, 9.17) is 4.74 Å². The van der Waals surface area contributed by atoms with Crippen molar-refractivity contribution in [2.45, 2.75) is 20.4 Å². The second kappa shape index (κ2) is 6.24. The molecule has 1 rings (SSSR count). The third-order valence-corrected chi connectivity index (χ3v) is 1.98. The summed E-state index contributed by atoms with van der Waals surface area (Å²) in [5, 5.41) is 3.19. The summed E-state index contributed by atoms with van der Waals surface area (Å²) in [5.41, 5.74) is 1.01. The van der Waals surface area contributed by atoms with Crippen molar-refractivity contribution >= 4 is 5.95 Å². The topological polar surface area (TPSA) is 39.1 Å². The molecule has 0 radical (unpaired) electrons. The van der Waals surface area contributed by atoms with Crippen LogP contribution in [-0.2, 0) is 11.3 Å². The number of rotatable bonds is 7. The molecule has 15 heavy (non-hydrogen) atoms. The van der Waals surface area contributed by atoms with E-state index in [-0.39, 0.29) is 0 Å². The molecule has 0 aromatic carbocycles. The monoisotopic (exact) mass is 209 g/mol. The van der Waals surface area contributed by atoms with Crippen molar-refractivity contribution in [1.29, 1.82) is 0 Å². The molecular formula is C11H19N3O. The van der Waals surface area contributed by atoms with Crippen LogP contribution in [0.5, 0.6) is 0 Å². The van der Waals surface area contributed by atoms with Gasteiger partial charge in [0.05, 0.1) is 12.3 Å². The standard InChI is InChI=1S/C11H19N3O/c1-4-6-12-11-13-10(3)9-14(11)7-8-15-5-2/h4,9H,1,5-8H2,2-3H3,(H,12,13). The van der Waals surface area contributed by atoms with Crippen LogP contribution in [0.15, 0.2) is 18.9 Å². The number of aromatic nitrogens is 2. The Morgan fingerprint density at radius 2 is 2.47 bits per heavy atom. The van der Waals surface area contributed by atoms with E-state index in [1.165, 1.54) is 0 Å². The van der Waals surface area contributed by atoms with Gasteiger partial charge in [-0.3, -0.25) is 0 Å². The van der Waals surface area contributed by atoms with Gasteiger partial charge in [-0.05, 0) is 13.8 Å². The van der Waals surface area contributed by atoms with Crippen LogP contribution >= 0.6 is 0 Å². The molecule has 0 aliphatic rings. The lowest BCUT2D eigenvalue weighted by Gasteiger charge is -2.07. The molecule has 4 nitrogen and oxygen atoms in total. The van der Waals surface area contributed by atoms with Crippen LogP contribution in [0.4, 0.5) is 5.95 Å². The number of imidazole rings is 1. The molecule has 0 atom stereocenters. The highest BCUT2D eigenvalue weighted by Gasteiger charge is 2.03. The maximum atomic E-state index is 5.31. The average molecular weight is 209 g/mol. The van der Waals surface area contributed by atoms with Gasteiger partial charge in [0, 0.05) is 25.9 Å². The molecule has 1 N–H and O–H groups in total. The van der Waals surface area contributed by atoms with Crippen LogP contribution in [0.25, 0.3) is 0 Å². The van der Waals surface area contributed by atoms with Gasteiger partial charge in [0.1, 0.15) is 0 Å². The van der Waals surface area contributed by atoms with Crippen molar-refractivity contribution < 1.29 is 4.74 Å². The van der Waals surface area contributed by atoms with Crippen molar-refractivity contribution in [1.82, 2.24) is 9.55 Å². The second-order valence-electron chi connectivity index (χ2n) is 3.27. The maximum absolute atomic E-state index is 5.31. The van der Waals surface area contributed by atoms with Gasteiger partial charge in [0.25, 0.3) is 0 Å². The van der Waals surface area contributed by atoms with Gasteiger partial charge in [0.15, 0.2) is 0 Å². The summed E-state index contributed by atoms with van der Waals surface area (Å²) in [7, 11) is 0. The van der Waals surface area contributed by atoms with E-state index < -0.39 is 0 Å². The first-order valence-corrected chi connectivity index (χ1v) is 5.24. The molecule has 4 heteroatoms. The highest BCUT2D eigenvalue weighted by molar-refractivity contribution is 5.29. The molecule has 0 saturated carbocycles. The van der Waals surface area contributed by atoms with Crippen LogP contribution in [0.2, 0.25) is 0 Å². The van der Waals surface area contributed by atoms with Crippen molar-refractivity contribution in [2.24, 2.45) is 0 Å².